The average Bonchev–Trinajstić information content (AvgIpc) is 2.10. The molecule has 1 unspecified atom stereocenters. The number of carboxylic acid groups (broad SMARTS) is 1. The Morgan fingerprint density at radius 2 is 2.00 bits per heavy atom. The quantitative estimate of drug-likeness (QED) is 0.286. The highest BCUT2D eigenvalue weighted by molar-refractivity contribution is 5.82. The van der Waals surface area contributed by atoms with Gasteiger partial charge in [0.15, 0.2) is 0 Å². The highest BCUT2D eigenvalue weighted by Gasteiger charge is 2.05. The first-order valence-corrected chi connectivity index (χ1v) is 3.66. The van der Waals surface area contributed by atoms with Crippen LogP contribution in [0.5, 0.6) is 0 Å². The van der Waals surface area contributed by atoms with Crippen LogP contribution in [0, 0.1) is 0 Å². The summed E-state index contributed by atoms with van der Waals surface area (Å²) in [6.45, 7) is -0.600. The lowest BCUT2D eigenvalue weighted by Gasteiger charge is -2.09. The number of carboxylic acids is 1. The maximum Gasteiger partial charge on any atom is 0.322 e. The van der Waals surface area contributed by atoms with Crippen LogP contribution in [0.4, 0.5) is 0 Å². The van der Waals surface area contributed by atoms with Gasteiger partial charge in [-0.05, 0) is 0 Å². The summed E-state index contributed by atoms with van der Waals surface area (Å²) in [5.41, 5.74) is 5.04. The molecular weight excluding hydrogens is 178 g/mol. The van der Waals surface area contributed by atoms with E-state index >= 15 is 0 Å². The fourth-order valence-electron chi connectivity index (χ4n) is 0.531. The van der Waals surface area contributed by atoms with Crippen molar-refractivity contribution in [2.24, 2.45) is 5.73 Å². The lowest BCUT2D eigenvalue weighted by molar-refractivity contribution is -0.137. The van der Waals surface area contributed by atoms with Gasteiger partial charge in [-0.3, -0.25) is 14.9 Å². The number of hydrogen-bond acceptors (Lipinski definition) is 5. The molecule has 0 radical (unpaired) electrons. The molecule has 1 atom stereocenters. The third-order valence-electron chi connectivity index (χ3n) is 1.16. The fourth-order valence-corrected chi connectivity index (χ4v) is 0.531. The van der Waals surface area contributed by atoms with Crippen molar-refractivity contribution in [3.63, 3.8) is 0 Å². The molecule has 6 N–H and O–H groups in total. The van der Waals surface area contributed by atoms with Crippen LogP contribution in [0.2, 0.25) is 0 Å². The number of carbonyl (C=O) groups excluding carboxylic acids is 1. The molecule has 0 aromatic rings. The largest absolute Gasteiger partial charge is 0.480 e. The van der Waals surface area contributed by atoms with Crippen molar-refractivity contribution in [2.45, 2.75) is 6.23 Å². The molecule has 0 spiro atoms. The highest BCUT2D eigenvalue weighted by Crippen LogP contribution is 1.71. The van der Waals surface area contributed by atoms with Gasteiger partial charge in [-0.1, -0.05) is 0 Å². The van der Waals surface area contributed by atoms with Crippen LogP contribution in [-0.2, 0) is 9.59 Å². The van der Waals surface area contributed by atoms with Gasteiger partial charge >= 0.3 is 5.97 Å². The van der Waals surface area contributed by atoms with Crippen molar-refractivity contribution in [1.82, 2.24) is 10.6 Å². The molecule has 7 heteroatoms. The summed E-state index contributed by atoms with van der Waals surface area (Å²) >= 11 is 0. The van der Waals surface area contributed by atoms with E-state index in [-0.39, 0.29) is 13.1 Å². The van der Waals surface area contributed by atoms with E-state index in [0.717, 1.165) is 0 Å². The maximum absolute atomic E-state index is 10.8. The zero-order valence-corrected chi connectivity index (χ0v) is 6.99. The highest BCUT2D eigenvalue weighted by atomic mass is 16.4. The Morgan fingerprint density at radius 3 is 2.46 bits per heavy atom. The second-order valence-electron chi connectivity index (χ2n) is 2.30. The minimum atomic E-state index is -1.12. The summed E-state index contributed by atoms with van der Waals surface area (Å²) in [6, 6.07) is 0. The Bertz CT molecular complexity index is 185. The van der Waals surface area contributed by atoms with Gasteiger partial charge in [0.25, 0.3) is 0 Å². The maximum atomic E-state index is 10.8. The van der Waals surface area contributed by atoms with Crippen molar-refractivity contribution < 1.29 is 19.8 Å². The molecule has 1 amide bonds. The summed E-state index contributed by atoms with van der Waals surface area (Å²) in [7, 11) is 0. The van der Waals surface area contributed by atoms with Gasteiger partial charge in [0, 0.05) is 6.54 Å². The van der Waals surface area contributed by atoms with Crippen molar-refractivity contribution in [3.05, 3.63) is 0 Å². The summed E-state index contributed by atoms with van der Waals surface area (Å²) in [4.78, 5) is 20.8. The molecule has 0 heterocycles. The van der Waals surface area contributed by atoms with E-state index in [1.165, 1.54) is 0 Å². The molecule has 0 bridgehead atoms. The summed E-state index contributed by atoms with van der Waals surface area (Å²) < 4.78 is 0. The molecule has 0 aliphatic heterocycles. The van der Waals surface area contributed by atoms with Crippen molar-refractivity contribution in [3.8, 4) is 0 Å². The number of nitrogens with one attached hydrogen (secondary N) is 2. The predicted octanol–water partition coefficient (Wildman–Crippen LogP) is -2.95. The van der Waals surface area contributed by atoms with E-state index in [0.29, 0.717) is 0 Å². The minimum absolute atomic E-state index is 0.00773. The molecule has 0 aliphatic rings. The van der Waals surface area contributed by atoms with Gasteiger partial charge in [0.1, 0.15) is 12.8 Å². The van der Waals surface area contributed by atoms with Crippen LogP contribution in [0.25, 0.3) is 0 Å². The number of hydrogen-bond donors (Lipinski definition) is 5. The van der Waals surface area contributed by atoms with Crippen LogP contribution < -0.4 is 16.4 Å². The van der Waals surface area contributed by atoms with Crippen LogP contribution in [0.3, 0.4) is 0 Å². The third-order valence-corrected chi connectivity index (χ3v) is 1.16. The van der Waals surface area contributed by atoms with Crippen molar-refractivity contribution >= 4 is 11.9 Å². The Kier molecular flexibility index (Phi) is 5.77. The van der Waals surface area contributed by atoms with Crippen LogP contribution >= 0.6 is 0 Å². The van der Waals surface area contributed by atoms with Gasteiger partial charge < -0.3 is 21.3 Å². The summed E-state index contributed by atoms with van der Waals surface area (Å²) in [5, 5.41) is 21.5. The molecule has 76 valence electrons. The molecule has 0 fully saturated rings. The second kappa shape index (κ2) is 6.35. The molecule has 0 aromatic heterocycles. The van der Waals surface area contributed by atoms with Crippen LogP contribution in [-0.4, -0.2) is 48.0 Å². The van der Waals surface area contributed by atoms with Crippen molar-refractivity contribution in [1.29, 1.82) is 0 Å². The number of aliphatic hydroxyl groups is 1. The van der Waals surface area contributed by atoms with Gasteiger partial charge in [0.05, 0.1) is 6.54 Å². The molecular formula is C6H13N3O4. The van der Waals surface area contributed by atoms with Gasteiger partial charge in [-0.15, -0.1) is 0 Å². The Balaban J connectivity index is 3.46. The molecule has 7 nitrogen and oxygen atoms in total. The fraction of sp³-hybridized carbons (Fsp3) is 0.667. The number of nitrogens with two attached hydrogens (primary N) is 1. The van der Waals surface area contributed by atoms with E-state index in [1.807, 2.05) is 0 Å². The number of carbonyl (C=O) groups is 2. The topological polar surface area (TPSA) is 125 Å². The summed E-state index contributed by atoms with van der Waals surface area (Å²) in [6.07, 6.45) is -0.949. The van der Waals surface area contributed by atoms with E-state index in [4.69, 9.17) is 15.9 Å². The first-order valence-electron chi connectivity index (χ1n) is 3.66. The van der Waals surface area contributed by atoms with Crippen LogP contribution in [0.1, 0.15) is 0 Å². The van der Waals surface area contributed by atoms with Crippen molar-refractivity contribution in [2.75, 3.05) is 19.6 Å². The lowest BCUT2D eigenvalue weighted by Crippen LogP contribution is -2.43. The van der Waals surface area contributed by atoms with Crippen LogP contribution in [0.15, 0.2) is 0 Å². The Hall–Kier alpha value is -1.18. The Morgan fingerprint density at radius 1 is 1.38 bits per heavy atom. The second-order valence-corrected chi connectivity index (χ2v) is 2.30. The van der Waals surface area contributed by atoms with Gasteiger partial charge in [-0.25, -0.2) is 0 Å². The molecule has 0 aromatic carbocycles. The zero-order valence-electron chi connectivity index (χ0n) is 6.99. The molecule has 0 aliphatic carbocycles. The minimum Gasteiger partial charge on any atom is -0.480 e. The summed E-state index contributed by atoms with van der Waals surface area (Å²) in [5.74, 6) is -1.62. The van der Waals surface area contributed by atoms with E-state index in [9.17, 15) is 9.59 Å². The number of rotatable bonds is 6. The first kappa shape index (κ1) is 11.8. The van der Waals surface area contributed by atoms with E-state index < -0.39 is 24.6 Å². The van der Waals surface area contributed by atoms with Gasteiger partial charge in [-0.2, -0.15) is 0 Å². The normalized spacial score (nSPS) is 12.2. The third kappa shape index (κ3) is 7.19. The zero-order chi connectivity index (χ0) is 10.3. The number of aliphatic carboxylic acids is 1. The molecule has 0 saturated carbocycles. The standard InChI is InChI=1S/C6H13N3O4/c7-1-4(10)8-2-5(11)9-3-6(12)13/h4,8,10H,1-3,7H2,(H,9,11)(H,12,13). The van der Waals surface area contributed by atoms with E-state index in [1.54, 1.807) is 0 Å². The average molecular weight is 191 g/mol. The SMILES string of the molecule is NCC(O)NCC(=O)NCC(=O)O. The number of amides is 1. The number of aliphatic hydroxyl groups excluding tert-OH is 1. The molecule has 0 saturated heterocycles. The van der Waals surface area contributed by atoms with Gasteiger partial charge in [0.2, 0.25) is 5.91 Å². The molecule has 13 heavy (non-hydrogen) atoms. The van der Waals surface area contributed by atoms with E-state index in [2.05, 4.69) is 10.6 Å². The predicted molar refractivity (Wildman–Crippen MR) is 43.7 cm³/mol. The molecule has 0 rings (SSSR count). The lowest BCUT2D eigenvalue weighted by atomic mass is 10.5. The Labute approximate surface area is 74.9 Å². The first-order chi connectivity index (χ1) is 6.06. The monoisotopic (exact) mass is 191 g/mol. The smallest absolute Gasteiger partial charge is 0.322 e.